The molecule has 1 aliphatic rings. The molecule has 3 rings (SSSR count). The van der Waals surface area contributed by atoms with Crippen molar-refractivity contribution in [1.82, 2.24) is 29.8 Å². The second kappa shape index (κ2) is 4.41. The van der Waals surface area contributed by atoms with Crippen LogP contribution in [0.3, 0.4) is 0 Å². The Morgan fingerprint density at radius 1 is 1.56 bits per heavy atom. The van der Waals surface area contributed by atoms with Gasteiger partial charge in [-0.15, -0.1) is 10.2 Å². The number of hydrogen-bond donors (Lipinski definition) is 1. The molecule has 0 spiro atoms. The van der Waals surface area contributed by atoms with Crippen molar-refractivity contribution >= 4 is 17.5 Å². The third-order valence-electron chi connectivity index (χ3n) is 2.95. The zero-order valence-electron chi connectivity index (χ0n) is 9.30. The fraction of sp³-hybridized carbons (Fsp3) is 0.556. The lowest BCUT2D eigenvalue weighted by atomic mass is 10.1. The Labute approximate surface area is 106 Å². The summed E-state index contributed by atoms with van der Waals surface area (Å²) in [4.78, 5) is 10.9. The summed E-state index contributed by atoms with van der Waals surface area (Å²) < 4.78 is 5.34. The largest absolute Gasteiger partial charge is 0.481 e. The van der Waals surface area contributed by atoms with Crippen LogP contribution in [0.2, 0.25) is 0 Å². The van der Waals surface area contributed by atoms with E-state index >= 15 is 0 Å². The first-order chi connectivity index (χ1) is 8.75. The molecular formula is C9H10N6O2S. The van der Waals surface area contributed by atoms with Gasteiger partial charge in [0.15, 0.2) is 0 Å². The van der Waals surface area contributed by atoms with E-state index in [9.17, 15) is 4.79 Å². The summed E-state index contributed by atoms with van der Waals surface area (Å²) in [5.41, 5.74) is 0.584. The summed E-state index contributed by atoms with van der Waals surface area (Å²) >= 11 is 1.21. The predicted molar refractivity (Wildman–Crippen MR) is 60.7 cm³/mol. The summed E-state index contributed by atoms with van der Waals surface area (Å²) in [6.45, 7) is 0. The molecule has 0 saturated heterocycles. The molecule has 18 heavy (non-hydrogen) atoms. The second-order valence-corrected chi connectivity index (χ2v) is 4.85. The van der Waals surface area contributed by atoms with E-state index in [1.165, 1.54) is 11.5 Å². The Balaban J connectivity index is 1.95. The first kappa shape index (κ1) is 11.2. The molecule has 94 valence electrons. The van der Waals surface area contributed by atoms with Gasteiger partial charge in [-0.05, 0) is 40.7 Å². The molecule has 1 unspecified atom stereocenters. The van der Waals surface area contributed by atoms with Gasteiger partial charge in [0.1, 0.15) is 5.69 Å². The molecule has 0 aromatic carbocycles. The fourth-order valence-electron chi connectivity index (χ4n) is 1.96. The highest BCUT2D eigenvalue weighted by molar-refractivity contribution is 7.03. The monoisotopic (exact) mass is 266 g/mol. The molecule has 1 aliphatic carbocycles. The van der Waals surface area contributed by atoms with E-state index in [0.717, 1.165) is 12.8 Å². The minimum Gasteiger partial charge on any atom is -0.481 e. The van der Waals surface area contributed by atoms with Crippen LogP contribution in [0.15, 0.2) is 5.38 Å². The normalized spacial score (nSPS) is 16.7. The molecule has 1 N–H and O–H groups in total. The predicted octanol–water partition coefficient (Wildman–Crippen LogP) is 0.617. The highest BCUT2D eigenvalue weighted by Crippen LogP contribution is 2.42. The van der Waals surface area contributed by atoms with Crippen molar-refractivity contribution in [2.24, 2.45) is 5.92 Å². The summed E-state index contributed by atoms with van der Waals surface area (Å²) in [6.07, 6.45) is 2.07. The molecule has 2 aromatic heterocycles. The van der Waals surface area contributed by atoms with Crippen molar-refractivity contribution in [2.45, 2.75) is 25.3 Å². The summed E-state index contributed by atoms with van der Waals surface area (Å²) in [5, 5.41) is 26.1. The Bertz CT molecular complexity index is 549. The number of carboxylic acids is 1. The van der Waals surface area contributed by atoms with E-state index in [-0.39, 0.29) is 12.5 Å². The van der Waals surface area contributed by atoms with Gasteiger partial charge in [-0.3, -0.25) is 4.79 Å². The van der Waals surface area contributed by atoms with E-state index in [4.69, 9.17) is 5.11 Å². The van der Waals surface area contributed by atoms with Crippen LogP contribution in [0.1, 0.15) is 25.3 Å². The summed E-state index contributed by atoms with van der Waals surface area (Å²) in [7, 11) is 0. The van der Waals surface area contributed by atoms with Gasteiger partial charge in [0, 0.05) is 5.38 Å². The van der Waals surface area contributed by atoms with E-state index < -0.39 is 5.97 Å². The van der Waals surface area contributed by atoms with Crippen molar-refractivity contribution < 1.29 is 9.90 Å². The number of aliphatic carboxylic acids is 1. The highest BCUT2D eigenvalue weighted by atomic mass is 32.1. The molecule has 1 saturated carbocycles. The van der Waals surface area contributed by atoms with Gasteiger partial charge in [-0.25, -0.2) is 4.68 Å². The maximum atomic E-state index is 10.9. The van der Waals surface area contributed by atoms with Crippen molar-refractivity contribution in [1.29, 1.82) is 0 Å². The van der Waals surface area contributed by atoms with Crippen molar-refractivity contribution in [2.75, 3.05) is 0 Å². The van der Waals surface area contributed by atoms with Crippen LogP contribution < -0.4 is 0 Å². The summed E-state index contributed by atoms with van der Waals surface area (Å²) in [5.74, 6) is -0.0124. The van der Waals surface area contributed by atoms with E-state index in [1.807, 2.05) is 0 Å². The van der Waals surface area contributed by atoms with Gasteiger partial charge in [0.25, 0.3) is 0 Å². The first-order valence-corrected chi connectivity index (χ1v) is 6.36. The molecule has 0 amide bonds. The number of carbonyl (C=O) groups is 1. The number of carboxylic acid groups (broad SMARTS) is 1. The smallest absolute Gasteiger partial charge is 0.305 e. The molecule has 2 heterocycles. The van der Waals surface area contributed by atoms with Crippen LogP contribution in [0.25, 0.3) is 11.5 Å². The Morgan fingerprint density at radius 3 is 3.00 bits per heavy atom. The lowest BCUT2D eigenvalue weighted by molar-refractivity contribution is -0.138. The third-order valence-corrected chi connectivity index (χ3v) is 3.45. The molecule has 0 aliphatic heterocycles. The Hall–Kier alpha value is -1.90. The van der Waals surface area contributed by atoms with Crippen molar-refractivity contribution in [3.05, 3.63) is 5.38 Å². The fourth-order valence-corrected chi connectivity index (χ4v) is 2.40. The molecule has 8 nitrogen and oxygen atoms in total. The summed E-state index contributed by atoms with van der Waals surface area (Å²) in [6, 6.07) is -0.200. The standard InChI is InChI=1S/C9H10N6O2S/c16-8(17)3-7(5-1-2-5)15-9(11-12-13-15)6-4-18-14-10-6/h4-5,7H,1-3H2,(H,16,17). The topological polar surface area (TPSA) is 107 Å². The third kappa shape index (κ3) is 2.08. The van der Waals surface area contributed by atoms with Crippen LogP contribution in [0, 0.1) is 5.92 Å². The average Bonchev–Trinajstić information content (AvgIpc) is 2.86. The van der Waals surface area contributed by atoms with Gasteiger partial charge >= 0.3 is 5.97 Å². The van der Waals surface area contributed by atoms with Crippen LogP contribution in [-0.4, -0.2) is 40.9 Å². The number of rotatable bonds is 5. The lowest BCUT2D eigenvalue weighted by Gasteiger charge is -2.14. The second-order valence-electron chi connectivity index (χ2n) is 4.24. The minimum atomic E-state index is -0.843. The van der Waals surface area contributed by atoms with Crippen LogP contribution in [0.5, 0.6) is 0 Å². The molecule has 0 bridgehead atoms. The average molecular weight is 266 g/mol. The Kier molecular flexibility index (Phi) is 2.74. The zero-order valence-corrected chi connectivity index (χ0v) is 10.1. The number of hydrogen-bond acceptors (Lipinski definition) is 7. The zero-order chi connectivity index (χ0) is 12.5. The van der Waals surface area contributed by atoms with Gasteiger partial charge in [-0.1, -0.05) is 4.49 Å². The van der Waals surface area contributed by atoms with Crippen LogP contribution in [-0.2, 0) is 4.79 Å². The minimum absolute atomic E-state index is 0.0280. The van der Waals surface area contributed by atoms with Crippen molar-refractivity contribution in [3.8, 4) is 11.5 Å². The van der Waals surface area contributed by atoms with E-state index in [0.29, 0.717) is 17.4 Å². The lowest BCUT2D eigenvalue weighted by Crippen LogP contribution is -2.18. The van der Waals surface area contributed by atoms with Gasteiger partial charge < -0.3 is 5.11 Å². The molecule has 1 fully saturated rings. The SMILES string of the molecule is O=C(O)CC(C1CC1)n1nnnc1-c1csnn1. The van der Waals surface area contributed by atoms with Gasteiger partial charge in [-0.2, -0.15) is 0 Å². The quantitative estimate of drug-likeness (QED) is 0.845. The van der Waals surface area contributed by atoms with Gasteiger partial charge in [0.2, 0.25) is 5.82 Å². The maximum absolute atomic E-state index is 10.9. The first-order valence-electron chi connectivity index (χ1n) is 5.53. The van der Waals surface area contributed by atoms with Gasteiger partial charge in [0.05, 0.1) is 12.5 Å². The molecule has 1 atom stereocenters. The Morgan fingerprint density at radius 2 is 2.39 bits per heavy atom. The van der Waals surface area contributed by atoms with Crippen LogP contribution in [0.4, 0.5) is 0 Å². The molecular weight excluding hydrogens is 256 g/mol. The highest BCUT2D eigenvalue weighted by Gasteiger charge is 2.36. The molecule has 9 heteroatoms. The maximum Gasteiger partial charge on any atom is 0.305 e. The van der Waals surface area contributed by atoms with E-state index in [1.54, 1.807) is 10.1 Å². The number of nitrogens with zero attached hydrogens (tertiary/aromatic N) is 6. The van der Waals surface area contributed by atoms with Crippen LogP contribution >= 0.6 is 11.5 Å². The number of tetrazole rings is 1. The van der Waals surface area contributed by atoms with E-state index in [2.05, 4.69) is 25.1 Å². The molecule has 0 radical (unpaired) electrons. The molecule has 2 aromatic rings. The number of aromatic nitrogens is 6. The van der Waals surface area contributed by atoms with Crippen molar-refractivity contribution in [3.63, 3.8) is 0 Å².